The molecular formula is C51H33N3S. The predicted molar refractivity (Wildman–Crippen MR) is 235 cm³/mol. The summed E-state index contributed by atoms with van der Waals surface area (Å²) >= 11 is 1.78. The normalized spacial score (nSPS) is 11.6. The van der Waals surface area contributed by atoms with E-state index >= 15 is 0 Å². The molecule has 2 heterocycles. The maximum Gasteiger partial charge on any atom is 0.124 e. The fourth-order valence-corrected chi connectivity index (χ4v) is 9.35. The molecule has 0 unspecified atom stereocenters. The lowest BCUT2D eigenvalue weighted by Gasteiger charge is -2.26. The number of thiazole rings is 1. The fraction of sp³-hybridized carbons (Fsp3) is 0. The van der Waals surface area contributed by atoms with Crippen LogP contribution in [0.3, 0.4) is 0 Å². The molecule has 11 rings (SSSR count). The number of rotatable bonds is 6. The molecule has 0 aliphatic heterocycles. The molecule has 0 spiro atoms. The highest BCUT2D eigenvalue weighted by Crippen LogP contribution is 2.42. The highest BCUT2D eigenvalue weighted by Gasteiger charge is 2.18. The van der Waals surface area contributed by atoms with Gasteiger partial charge in [0.1, 0.15) is 5.01 Å². The van der Waals surface area contributed by atoms with Crippen LogP contribution in [0, 0.1) is 0 Å². The summed E-state index contributed by atoms with van der Waals surface area (Å²) in [6.45, 7) is 0. The lowest BCUT2D eigenvalue weighted by molar-refractivity contribution is 1.18. The molecule has 0 bridgehead atoms. The highest BCUT2D eigenvalue weighted by atomic mass is 32.1. The first kappa shape index (κ1) is 31.5. The Balaban J connectivity index is 1.07. The molecule has 9 aromatic carbocycles. The minimum absolute atomic E-state index is 1.04. The van der Waals surface area contributed by atoms with Crippen molar-refractivity contribution in [1.82, 2.24) is 9.55 Å². The molecule has 4 heteroatoms. The highest BCUT2D eigenvalue weighted by molar-refractivity contribution is 7.22. The molecule has 0 N–H and O–H groups in total. The van der Waals surface area contributed by atoms with Gasteiger partial charge in [-0.1, -0.05) is 133 Å². The van der Waals surface area contributed by atoms with Crippen LogP contribution in [0.1, 0.15) is 0 Å². The lowest BCUT2D eigenvalue weighted by Crippen LogP contribution is -2.10. The van der Waals surface area contributed by atoms with Gasteiger partial charge in [-0.15, -0.1) is 11.3 Å². The zero-order valence-corrected chi connectivity index (χ0v) is 30.6. The van der Waals surface area contributed by atoms with Gasteiger partial charge in [0.15, 0.2) is 0 Å². The van der Waals surface area contributed by atoms with Crippen LogP contribution in [-0.2, 0) is 0 Å². The van der Waals surface area contributed by atoms with Crippen LogP contribution in [-0.4, -0.2) is 9.55 Å². The Morgan fingerprint density at radius 3 is 1.91 bits per heavy atom. The largest absolute Gasteiger partial charge is 0.310 e. The van der Waals surface area contributed by atoms with Crippen molar-refractivity contribution in [3.05, 3.63) is 200 Å². The third kappa shape index (κ3) is 5.30. The molecule has 55 heavy (non-hydrogen) atoms. The molecule has 0 saturated carbocycles. The van der Waals surface area contributed by atoms with Crippen molar-refractivity contribution in [3.63, 3.8) is 0 Å². The molecule has 3 nitrogen and oxygen atoms in total. The summed E-state index contributed by atoms with van der Waals surface area (Å²) in [5, 5.41) is 8.49. The molecule has 0 atom stereocenters. The van der Waals surface area contributed by atoms with Gasteiger partial charge in [-0.3, -0.25) is 0 Å². The SMILES string of the molecule is c1ccc(-c2nc3ccc4ccc5ccc(-c6cccc(N(c7ccccc7)c7ccc8c9ccccc9n(-c9ccccc9)c8c7)c6)cc5c4c3s2)cc1. The van der Waals surface area contributed by atoms with Gasteiger partial charge < -0.3 is 9.47 Å². The summed E-state index contributed by atoms with van der Waals surface area (Å²) in [7, 11) is 0. The molecule has 2 aromatic heterocycles. The van der Waals surface area contributed by atoms with Gasteiger partial charge in [0.2, 0.25) is 0 Å². The standard InChI is InChI=1S/C51H33N3S/c1-4-13-36(14-5-1)51-52-46-30-27-35-25-23-34-24-26-38(32-45(34)49(35)50(46)55-51)37-15-12-20-41(31-37)53(39-16-6-2-7-17-39)42-28-29-44-43-21-10-11-22-47(43)54(48(44)33-42)40-18-8-3-9-19-40/h1-33H. The Labute approximate surface area is 322 Å². The number of anilines is 3. The van der Waals surface area contributed by atoms with Gasteiger partial charge >= 0.3 is 0 Å². The van der Waals surface area contributed by atoms with Crippen LogP contribution in [0.25, 0.3) is 81.0 Å². The summed E-state index contributed by atoms with van der Waals surface area (Å²) in [4.78, 5) is 7.45. The van der Waals surface area contributed by atoms with Crippen molar-refractivity contribution >= 4 is 82.0 Å². The van der Waals surface area contributed by atoms with Crippen molar-refractivity contribution in [2.75, 3.05) is 4.90 Å². The van der Waals surface area contributed by atoms with E-state index in [1.165, 1.54) is 59.2 Å². The van der Waals surface area contributed by atoms with Crippen molar-refractivity contribution in [2.45, 2.75) is 0 Å². The van der Waals surface area contributed by atoms with Crippen LogP contribution >= 0.6 is 11.3 Å². The average Bonchev–Trinajstić information content (AvgIpc) is 3.84. The number of benzene rings is 9. The van der Waals surface area contributed by atoms with Crippen LogP contribution in [0.5, 0.6) is 0 Å². The van der Waals surface area contributed by atoms with E-state index in [4.69, 9.17) is 4.98 Å². The topological polar surface area (TPSA) is 21.1 Å². The van der Waals surface area contributed by atoms with E-state index in [1.807, 2.05) is 0 Å². The van der Waals surface area contributed by atoms with E-state index in [0.717, 1.165) is 38.8 Å². The number of hydrogen-bond acceptors (Lipinski definition) is 3. The van der Waals surface area contributed by atoms with Crippen LogP contribution in [0.4, 0.5) is 17.1 Å². The van der Waals surface area contributed by atoms with Crippen molar-refractivity contribution in [2.24, 2.45) is 0 Å². The van der Waals surface area contributed by atoms with Gasteiger partial charge in [0, 0.05) is 44.5 Å². The minimum Gasteiger partial charge on any atom is -0.310 e. The summed E-state index contributed by atoms with van der Waals surface area (Å²) < 4.78 is 3.61. The summed E-state index contributed by atoms with van der Waals surface area (Å²) in [6, 6.07) is 72.1. The van der Waals surface area contributed by atoms with E-state index in [-0.39, 0.29) is 0 Å². The first-order valence-electron chi connectivity index (χ1n) is 18.6. The molecule has 0 aliphatic carbocycles. The molecule has 0 saturated heterocycles. The number of hydrogen-bond donors (Lipinski definition) is 0. The summed E-state index contributed by atoms with van der Waals surface area (Å²) in [6.07, 6.45) is 0. The van der Waals surface area contributed by atoms with Crippen molar-refractivity contribution in [3.8, 4) is 27.4 Å². The second-order valence-corrected chi connectivity index (χ2v) is 15.0. The Kier molecular flexibility index (Phi) is 7.35. The number of fused-ring (bicyclic) bond motifs is 8. The zero-order valence-electron chi connectivity index (χ0n) is 29.8. The predicted octanol–water partition coefficient (Wildman–Crippen LogP) is 14.5. The molecule has 0 radical (unpaired) electrons. The number of aromatic nitrogens is 2. The molecule has 11 aromatic rings. The second kappa shape index (κ2) is 12.8. The van der Waals surface area contributed by atoms with E-state index in [9.17, 15) is 0 Å². The molecular weight excluding hydrogens is 687 g/mol. The lowest BCUT2D eigenvalue weighted by atomic mass is 9.96. The molecule has 0 fully saturated rings. The van der Waals surface area contributed by atoms with Gasteiger partial charge in [-0.2, -0.15) is 0 Å². The van der Waals surface area contributed by atoms with Gasteiger partial charge in [-0.05, 0) is 94.0 Å². The fourth-order valence-electron chi connectivity index (χ4n) is 8.21. The van der Waals surface area contributed by atoms with E-state index in [0.29, 0.717) is 0 Å². The third-order valence-electron chi connectivity index (χ3n) is 10.8. The first-order chi connectivity index (χ1) is 27.3. The minimum atomic E-state index is 1.04. The quantitative estimate of drug-likeness (QED) is 0.160. The molecule has 258 valence electrons. The molecule has 0 amide bonds. The van der Waals surface area contributed by atoms with E-state index < -0.39 is 0 Å². The monoisotopic (exact) mass is 719 g/mol. The number of nitrogens with zero attached hydrogens (tertiary/aromatic N) is 3. The van der Waals surface area contributed by atoms with Gasteiger partial charge in [0.25, 0.3) is 0 Å². The van der Waals surface area contributed by atoms with Crippen molar-refractivity contribution < 1.29 is 0 Å². The van der Waals surface area contributed by atoms with Crippen LogP contribution in [0.15, 0.2) is 200 Å². The van der Waals surface area contributed by atoms with E-state index in [2.05, 4.69) is 210 Å². The number of para-hydroxylation sites is 3. The average molecular weight is 720 g/mol. The first-order valence-corrected chi connectivity index (χ1v) is 19.4. The second-order valence-electron chi connectivity index (χ2n) is 14.0. The smallest absolute Gasteiger partial charge is 0.124 e. The Hall–Kier alpha value is -7.01. The Morgan fingerprint density at radius 1 is 0.418 bits per heavy atom. The van der Waals surface area contributed by atoms with Gasteiger partial charge in [-0.25, -0.2) is 4.98 Å². The van der Waals surface area contributed by atoms with Crippen LogP contribution < -0.4 is 4.90 Å². The van der Waals surface area contributed by atoms with Crippen LogP contribution in [0.2, 0.25) is 0 Å². The van der Waals surface area contributed by atoms with E-state index in [1.54, 1.807) is 11.3 Å². The summed E-state index contributed by atoms with van der Waals surface area (Å²) in [5.74, 6) is 0. The zero-order chi connectivity index (χ0) is 36.3. The summed E-state index contributed by atoms with van der Waals surface area (Å²) in [5.41, 5.74) is 11.4. The maximum absolute atomic E-state index is 5.07. The van der Waals surface area contributed by atoms with Crippen molar-refractivity contribution in [1.29, 1.82) is 0 Å². The Bertz CT molecular complexity index is 3200. The van der Waals surface area contributed by atoms with Gasteiger partial charge in [0.05, 0.1) is 21.3 Å². The third-order valence-corrected chi connectivity index (χ3v) is 11.9. The maximum atomic E-state index is 5.07. The Morgan fingerprint density at radius 2 is 1.05 bits per heavy atom. The molecule has 0 aliphatic rings.